The third kappa shape index (κ3) is 3.95. The Morgan fingerprint density at radius 3 is 2.26 bits per heavy atom. The third-order valence-corrected chi connectivity index (χ3v) is 5.20. The molecule has 3 aromatic rings. The molecular weight excluding hydrogens is 364 g/mol. The zero-order valence-corrected chi connectivity index (χ0v) is 16.5. The van der Waals surface area contributed by atoms with E-state index in [9.17, 15) is 0 Å². The van der Waals surface area contributed by atoms with Crippen LogP contribution in [-0.4, -0.2) is 36.2 Å². The standard InChI is InChI=1S/C19H22N4O3S/c1-12-9-16(25-3)17(26-4)10-14(12)11-27-19-22-21-18(23(19)20)13-5-7-15(24-2)8-6-13/h5-10H,11,20H2,1-4H3. The Balaban J connectivity index is 1.78. The van der Waals surface area contributed by atoms with Gasteiger partial charge in [0.2, 0.25) is 5.16 Å². The number of thioether (sulfide) groups is 1. The van der Waals surface area contributed by atoms with Gasteiger partial charge in [0.25, 0.3) is 0 Å². The van der Waals surface area contributed by atoms with E-state index in [0.29, 0.717) is 28.2 Å². The highest BCUT2D eigenvalue weighted by Crippen LogP contribution is 2.33. The Kier molecular flexibility index (Phi) is 5.75. The van der Waals surface area contributed by atoms with Crippen molar-refractivity contribution in [1.29, 1.82) is 0 Å². The van der Waals surface area contributed by atoms with Crippen molar-refractivity contribution in [2.45, 2.75) is 17.8 Å². The molecule has 0 aliphatic heterocycles. The lowest BCUT2D eigenvalue weighted by Crippen LogP contribution is -2.11. The monoisotopic (exact) mass is 386 g/mol. The van der Waals surface area contributed by atoms with Gasteiger partial charge in [-0.15, -0.1) is 10.2 Å². The van der Waals surface area contributed by atoms with Crippen LogP contribution in [0.4, 0.5) is 0 Å². The van der Waals surface area contributed by atoms with E-state index in [4.69, 9.17) is 20.1 Å². The molecule has 0 amide bonds. The summed E-state index contributed by atoms with van der Waals surface area (Å²) in [5, 5.41) is 9.07. The largest absolute Gasteiger partial charge is 0.497 e. The highest BCUT2D eigenvalue weighted by molar-refractivity contribution is 7.98. The van der Waals surface area contributed by atoms with Crippen LogP contribution in [0.5, 0.6) is 17.2 Å². The second kappa shape index (κ2) is 8.22. The maximum absolute atomic E-state index is 6.20. The van der Waals surface area contributed by atoms with Gasteiger partial charge in [-0.25, -0.2) is 4.68 Å². The molecule has 0 atom stereocenters. The van der Waals surface area contributed by atoms with Crippen LogP contribution in [0.25, 0.3) is 11.4 Å². The summed E-state index contributed by atoms with van der Waals surface area (Å²) in [5.41, 5.74) is 3.10. The molecule has 3 rings (SSSR count). The molecule has 0 saturated carbocycles. The van der Waals surface area contributed by atoms with Crippen molar-refractivity contribution in [3.05, 3.63) is 47.5 Å². The predicted octanol–water partition coefficient (Wildman–Crippen LogP) is 3.29. The van der Waals surface area contributed by atoms with Gasteiger partial charge in [0.1, 0.15) is 5.75 Å². The molecule has 0 fully saturated rings. The molecule has 1 heterocycles. The number of aromatic nitrogens is 3. The fourth-order valence-corrected chi connectivity index (χ4v) is 3.55. The smallest absolute Gasteiger partial charge is 0.210 e. The molecule has 1 aromatic heterocycles. The molecule has 0 unspecified atom stereocenters. The van der Waals surface area contributed by atoms with Gasteiger partial charge in [-0.1, -0.05) is 11.8 Å². The average Bonchev–Trinajstić information content (AvgIpc) is 3.07. The number of nitrogen functional groups attached to an aromatic ring is 1. The molecular formula is C19H22N4O3S. The van der Waals surface area contributed by atoms with Gasteiger partial charge in [0.05, 0.1) is 21.3 Å². The zero-order valence-electron chi connectivity index (χ0n) is 15.7. The quantitative estimate of drug-likeness (QED) is 0.493. The van der Waals surface area contributed by atoms with Crippen molar-refractivity contribution in [3.8, 4) is 28.6 Å². The van der Waals surface area contributed by atoms with Crippen molar-refractivity contribution >= 4 is 11.8 Å². The van der Waals surface area contributed by atoms with Crippen LogP contribution in [0.2, 0.25) is 0 Å². The van der Waals surface area contributed by atoms with Crippen molar-refractivity contribution in [2.75, 3.05) is 27.2 Å². The predicted molar refractivity (Wildman–Crippen MR) is 106 cm³/mol. The lowest BCUT2D eigenvalue weighted by Gasteiger charge is -2.12. The van der Waals surface area contributed by atoms with Crippen molar-refractivity contribution < 1.29 is 14.2 Å². The Morgan fingerprint density at radius 1 is 0.963 bits per heavy atom. The van der Waals surface area contributed by atoms with Crippen LogP contribution in [0.15, 0.2) is 41.6 Å². The highest BCUT2D eigenvalue weighted by Gasteiger charge is 2.14. The first-order chi connectivity index (χ1) is 13.1. The van der Waals surface area contributed by atoms with Crippen LogP contribution in [0.3, 0.4) is 0 Å². The maximum atomic E-state index is 6.20. The minimum Gasteiger partial charge on any atom is -0.497 e. The maximum Gasteiger partial charge on any atom is 0.210 e. The summed E-state index contributed by atoms with van der Waals surface area (Å²) in [4.78, 5) is 0. The Labute approximate surface area is 162 Å². The van der Waals surface area contributed by atoms with E-state index in [2.05, 4.69) is 10.2 Å². The summed E-state index contributed by atoms with van der Waals surface area (Å²) in [5.74, 6) is 9.68. The molecule has 0 aliphatic rings. The lowest BCUT2D eigenvalue weighted by molar-refractivity contribution is 0.354. The first-order valence-corrected chi connectivity index (χ1v) is 9.25. The van der Waals surface area contributed by atoms with E-state index in [1.54, 1.807) is 21.3 Å². The molecule has 2 aromatic carbocycles. The summed E-state index contributed by atoms with van der Waals surface area (Å²) in [6.07, 6.45) is 0. The Hall–Kier alpha value is -2.87. The topological polar surface area (TPSA) is 84.4 Å². The van der Waals surface area contributed by atoms with Crippen LogP contribution in [0.1, 0.15) is 11.1 Å². The molecule has 8 heteroatoms. The summed E-state index contributed by atoms with van der Waals surface area (Å²) in [7, 11) is 4.89. The average molecular weight is 386 g/mol. The van der Waals surface area contributed by atoms with E-state index in [-0.39, 0.29) is 0 Å². The van der Waals surface area contributed by atoms with Gasteiger partial charge in [-0.3, -0.25) is 0 Å². The minimum absolute atomic E-state index is 0.601. The molecule has 0 spiro atoms. The Morgan fingerprint density at radius 2 is 1.63 bits per heavy atom. The van der Waals surface area contributed by atoms with Crippen LogP contribution < -0.4 is 20.1 Å². The van der Waals surface area contributed by atoms with E-state index in [0.717, 1.165) is 22.4 Å². The second-order valence-electron chi connectivity index (χ2n) is 5.83. The van der Waals surface area contributed by atoms with Gasteiger partial charge < -0.3 is 20.1 Å². The second-order valence-corrected chi connectivity index (χ2v) is 6.77. The van der Waals surface area contributed by atoms with Crippen LogP contribution in [-0.2, 0) is 5.75 Å². The molecule has 142 valence electrons. The van der Waals surface area contributed by atoms with Crippen molar-refractivity contribution in [2.24, 2.45) is 0 Å². The van der Waals surface area contributed by atoms with E-state index in [1.807, 2.05) is 43.3 Å². The normalized spacial score (nSPS) is 10.7. The SMILES string of the molecule is COc1ccc(-c2nnc(SCc3cc(OC)c(OC)cc3C)n2N)cc1. The first kappa shape index (κ1) is 18.9. The number of rotatable bonds is 7. The molecule has 0 bridgehead atoms. The number of aryl methyl sites for hydroxylation is 1. The summed E-state index contributed by atoms with van der Waals surface area (Å²) in [6.45, 7) is 2.04. The zero-order chi connectivity index (χ0) is 19.4. The number of benzene rings is 2. The number of nitrogens with two attached hydrogens (primary N) is 1. The molecule has 0 saturated heterocycles. The van der Waals surface area contributed by atoms with Gasteiger partial charge in [-0.2, -0.15) is 0 Å². The third-order valence-electron chi connectivity index (χ3n) is 4.21. The van der Waals surface area contributed by atoms with Gasteiger partial charge in [-0.05, 0) is 54.4 Å². The van der Waals surface area contributed by atoms with Gasteiger partial charge in [0.15, 0.2) is 17.3 Å². The molecule has 0 radical (unpaired) electrons. The molecule has 7 nitrogen and oxygen atoms in total. The highest BCUT2D eigenvalue weighted by atomic mass is 32.2. The Bertz CT molecular complexity index is 925. The number of hydrogen-bond acceptors (Lipinski definition) is 7. The van der Waals surface area contributed by atoms with Crippen molar-refractivity contribution in [3.63, 3.8) is 0 Å². The minimum atomic E-state index is 0.601. The number of hydrogen-bond donors (Lipinski definition) is 1. The fourth-order valence-electron chi connectivity index (χ4n) is 2.63. The molecule has 27 heavy (non-hydrogen) atoms. The number of nitrogens with zero attached hydrogens (tertiary/aromatic N) is 3. The fraction of sp³-hybridized carbons (Fsp3) is 0.263. The number of ether oxygens (including phenoxy) is 3. The van der Waals surface area contributed by atoms with E-state index < -0.39 is 0 Å². The molecule has 2 N–H and O–H groups in total. The first-order valence-electron chi connectivity index (χ1n) is 8.26. The van der Waals surface area contributed by atoms with Gasteiger partial charge in [0, 0.05) is 11.3 Å². The number of methoxy groups -OCH3 is 3. The summed E-state index contributed by atoms with van der Waals surface area (Å²) >= 11 is 1.51. The van der Waals surface area contributed by atoms with Crippen LogP contribution in [0, 0.1) is 6.92 Å². The van der Waals surface area contributed by atoms with E-state index in [1.165, 1.54) is 16.4 Å². The van der Waals surface area contributed by atoms with Gasteiger partial charge >= 0.3 is 0 Å². The van der Waals surface area contributed by atoms with Crippen LogP contribution >= 0.6 is 11.8 Å². The summed E-state index contributed by atoms with van der Waals surface area (Å²) in [6, 6.07) is 11.5. The summed E-state index contributed by atoms with van der Waals surface area (Å²) < 4.78 is 17.4. The lowest BCUT2D eigenvalue weighted by atomic mass is 10.1. The van der Waals surface area contributed by atoms with E-state index >= 15 is 0 Å². The molecule has 0 aliphatic carbocycles. The van der Waals surface area contributed by atoms with Crippen molar-refractivity contribution in [1.82, 2.24) is 14.9 Å².